The highest BCUT2D eigenvalue weighted by Gasteiger charge is 2.29. The van der Waals surface area contributed by atoms with Crippen LogP contribution in [0.2, 0.25) is 0 Å². The Hall–Kier alpha value is -1.47. The van der Waals surface area contributed by atoms with E-state index in [2.05, 4.69) is 21.2 Å². The van der Waals surface area contributed by atoms with Crippen molar-refractivity contribution in [3.8, 4) is 16.3 Å². The quantitative estimate of drug-likeness (QED) is 0.821. The first-order chi connectivity index (χ1) is 12.3. The second-order valence-corrected chi connectivity index (χ2v) is 7.53. The molecule has 1 atom stereocenters. The molecule has 6 heteroatoms. The minimum absolute atomic E-state index is 0.677. The summed E-state index contributed by atoms with van der Waals surface area (Å²) in [6, 6.07) is 8.77. The molecule has 5 nitrogen and oxygen atoms in total. The Balaban J connectivity index is 1.38. The van der Waals surface area contributed by atoms with Crippen LogP contribution in [0, 0.1) is 0 Å². The Morgan fingerprint density at radius 2 is 2.08 bits per heavy atom. The van der Waals surface area contributed by atoms with Gasteiger partial charge in [-0.1, -0.05) is 12.1 Å². The first-order valence-electron chi connectivity index (χ1n) is 8.95. The van der Waals surface area contributed by atoms with Gasteiger partial charge in [0.05, 0.1) is 31.6 Å². The van der Waals surface area contributed by atoms with Gasteiger partial charge in [-0.05, 0) is 18.6 Å². The van der Waals surface area contributed by atoms with Gasteiger partial charge in [0.15, 0.2) is 0 Å². The Labute approximate surface area is 153 Å². The highest BCUT2D eigenvalue weighted by atomic mass is 32.1. The van der Waals surface area contributed by atoms with Gasteiger partial charge in [0.1, 0.15) is 10.8 Å². The minimum Gasteiger partial charge on any atom is -0.496 e. The van der Waals surface area contributed by atoms with Gasteiger partial charge in [0.2, 0.25) is 0 Å². The maximum absolute atomic E-state index is 5.47. The molecule has 0 N–H and O–H groups in total. The van der Waals surface area contributed by atoms with Crippen LogP contribution in [0.1, 0.15) is 12.1 Å². The van der Waals surface area contributed by atoms with Gasteiger partial charge in [-0.2, -0.15) is 0 Å². The fourth-order valence-electron chi connectivity index (χ4n) is 3.75. The van der Waals surface area contributed by atoms with Crippen molar-refractivity contribution in [2.75, 3.05) is 46.5 Å². The van der Waals surface area contributed by atoms with Gasteiger partial charge in [-0.25, -0.2) is 4.98 Å². The number of aromatic nitrogens is 1. The highest BCUT2D eigenvalue weighted by molar-refractivity contribution is 7.13. The smallest absolute Gasteiger partial charge is 0.129 e. The van der Waals surface area contributed by atoms with Crippen LogP contribution in [-0.2, 0) is 11.3 Å². The number of hydrogen-bond donors (Lipinski definition) is 0. The predicted octanol–water partition coefficient (Wildman–Crippen LogP) is 2.73. The molecule has 0 amide bonds. The summed E-state index contributed by atoms with van der Waals surface area (Å²) in [4.78, 5) is 9.97. The van der Waals surface area contributed by atoms with Crippen molar-refractivity contribution < 1.29 is 9.47 Å². The first-order valence-corrected chi connectivity index (χ1v) is 9.83. The monoisotopic (exact) mass is 359 g/mol. The standard InChI is InChI=1S/C19H25N3O2S/c1-23-18-5-3-2-4-17(18)19-20-15(14-25-19)12-21-7-6-16(13-21)22-8-10-24-11-9-22/h2-5,14,16H,6-13H2,1H3. The molecule has 1 unspecified atom stereocenters. The second-order valence-electron chi connectivity index (χ2n) is 6.67. The SMILES string of the molecule is COc1ccccc1-c1nc(CN2CCC(N3CCOCC3)C2)cs1. The van der Waals surface area contributed by atoms with E-state index in [1.54, 1.807) is 18.4 Å². The number of ether oxygens (including phenoxy) is 2. The van der Waals surface area contributed by atoms with Crippen molar-refractivity contribution in [1.82, 2.24) is 14.8 Å². The molecule has 134 valence electrons. The molecule has 0 aliphatic carbocycles. The molecule has 1 aromatic heterocycles. The molecule has 2 aliphatic rings. The van der Waals surface area contributed by atoms with Gasteiger partial charge in [-0.3, -0.25) is 9.80 Å². The number of hydrogen-bond acceptors (Lipinski definition) is 6. The van der Waals surface area contributed by atoms with Crippen molar-refractivity contribution in [2.24, 2.45) is 0 Å². The molecule has 0 saturated carbocycles. The third-order valence-corrected chi connectivity index (χ3v) is 6.01. The lowest BCUT2D eigenvalue weighted by Gasteiger charge is -2.32. The van der Waals surface area contributed by atoms with E-state index in [0.29, 0.717) is 6.04 Å². The summed E-state index contributed by atoms with van der Waals surface area (Å²) in [5.74, 6) is 0.886. The molecule has 2 saturated heterocycles. The number of benzene rings is 1. The minimum atomic E-state index is 0.677. The molecule has 0 bridgehead atoms. The van der Waals surface area contributed by atoms with Gasteiger partial charge in [-0.15, -0.1) is 11.3 Å². The number of thiazole rings is 1. The van der Waals surface area contributed by atoms with Gasteiger partial charge >= 0.3 is 0 Å². The van der Waals surface area contributed by atoms with E-state index in [1.165, 1.54) is 6.42 Å². The van der Waals surface area contributed by atoms with Gasteiger partial charge in [0, 0.05) is 44.1 Å². The number of para-hydroxylation sites is 1. The zero-order valence-electron chi connectivity index (χ0n) is 14.7. The third kappa shape index (κ3) is 3.87. The van der Waals surface area contributed by atoms with Crippen LogP contribution >= 0.6 is 11.3 Å². The van der Waals surface area contributed by atoms with E-state index >= 15 is 0 Å². The summed E-state index contributed by atoms with van der Waals surface area (Å²) in [5, 5.41) is 3.22. The van der Waals surface area contributed by atoms with Crippen molar-refractivity contribution in [3.63, 3.8) is 0 Å². The molecule has 3 heterocycles. The molecule has 4 rings (SSSR count). The van der Waals surface area contributed by atoms with Crippen LogP contribution in [0.4, 0.5) is 0 Å². The molecule has 2 aliphatic heterocycles. The number of nitrogens with zero attached hydrogens (tertiary/aromatic N) is 3. The molecule has 0 spiro atoms. The maximum atomic E-state index is 5.47. The summed E-state index contributed by atoms with van der Waals surface area (Å²) in [7, 11) is 1.71. The van der Waals surface area contributed by atoms with E-state index in [-0.39, 0.29) is 0 Å². The fourth-order valence-corrected chi connectivity index (χ4v) is 4.59. The number of likely N-dealkylation sites (tertiary alicyclic amines) is 1. The van der Waals surface area contributed by atoms with E-state index in [1.807, 2.05) is 18.2 Å². The van der Waals surface area contributed by atoms with Crippen molar-refractivity contribution in [3.05, 3.63) is 35.3 Å². The number of rotatable bonds is 5. The van der Waals surface area contributed by atoms with E-state index < -0.39 is 0 Å². The summed E-state index contributed by atoms with van der Waals surface area (Å²) in [5.41, 5.74) is 2.24. The molecule has 25 heavy (non-hydrogen) atoms. The number of methoxy groups -OCH3 is 1. The molecule has 1 aromatic carbocycles. The molecular weight excluding hydrogens is 334 g/mol. The summed E-state index contributed by atoms with van der Waals surface area (Å²) in [6.45, 7) is 7.15. The van der Waals surface area contributed by atoms with Crippen molar-refractivity contribution in [1.29, 1.82) is 0 Å². The molecule has 0 radical (unpaired) electrons. The Kier molecular flexibility index (Phi) is 5.31. The summed E-state index contributed by atoms with van der Waals surface area (Å²) in [6.07, 6.45) is 1.25. The second kappa shape index (κ2) is 7.83. The Morgan fingerprint density at radius 1 is 1.24 bits per heavy atom. The average Bonchev–Trinajstić information content (AvgIpc) is 3.32. The first kappa shape index (κ1) is 17.0. The van der Waals surface area contributed by atoms with Crippen LogP contribution in [-0.4, -0.2) is 67.3 Å². The van der Waals surface area contributed by atoms with Crippen molar-refractivity contribution in [2.45, 2.75) is 19.0 Å². The van der Waals surface area contributed by atoms with Crippen molar-refractivity contribution >= 4 is 11.3 Å². The predicted molar refractivity (Wildman–Crippen MR) is 100 cm³/mol. The molecular formula is C19H25N3O2S. The van der Waals surface area contributed by atoms with Crippen LogP contribution in [0.25, 0.3) is 10.6 Å². The van der Waals surface area contributed by atoms with Crippen LogP contribution in [0.3, 0.4) is 0 Å². The topological polar surface area (TPSA) is 37.8 Å². The van der Waals surface area contributed by atoms with E-state index in [0.717, 1.165) is 68.0 Å². The fraction of sp³-hybridized carbons (Fsp3) is 0.526. The largest absolute Gasteiger partial charge is 0.496 e. The Morgan fingerprint density at radius 3 is 2.92 bits per heavy atom. The van der Waals surface area contributed by atoms with Crippen LogP contribution < -0.4 is 4.74 Å². The average molecular weight is 359 g/mol. The van der Waals surface area contributed by atoms with Crippen LogP contribution in [0.5, 0.6) is 5.75 Å². The zero-order valence-corrected chi connectivity index (χ0v) is 15.5. The summed E-state index contributed by atoms with van der Waals surface area (Å²) >= 11 is 1.70. The molecule has 2 fully saturated rings. The van der Waals surface area contributed by atoms with Gasteiger partial charge in [0.25, 0.3) is 0 Å². The number of morpholine rings is 1. The lowest BCUT2D eigenvalue weighted by atomic mass is 10.2. The Bertz CT molecular complexity index is 699. The summed E-state index contributed by atoms with van der Waals surface area (Å²) < 4.78 is 10.9. The van der Waals surface area contributed by atoms with Gasteiger partial charge < -0.3 is 9.47 Å². The lowest BCUT2D eigenvalue weighted by molar-refractivity contribution is 0.0183. The highest BCUT2D eigenvalue weighted by Crippen LogP contribution is 2.32. The maximum Gasteiger partial charge on any atom is 0.129 e. The van der Waals surface area contributed by atoms with Crippen LogP contribution in [0.15, 0.2) is 29.6 Å². The molecule has 2 aromatic rings. The third-order valence-electron chi connectivity index (χ3n) is 5.08. The van der Waals surface area contributed by atoms with E-state index in [4.69, 9.17) is 14.5 Å². The van der Waals surface area contributed by atoms with E-state index in [9.17, 15) is 0 Å². The zero-order chi connectivity index (χ0) is 17.1. The lowest BCUT2D eigenvalue weighted by Crippen LogP contribution is -2.44. The normalized spacial score (nSPS) is 22.4.